The van der Waals surface area contributed by atoms with Gasteiger partial charge in [0.1, 0.15) is 21.7 Å². The average molecular weight is 452 g/mol. The van der Waals surface area contributed by atoms with Crippen LogP contribution in [0, 0.1) is 0 Å². The molecular weight excluding hydrogens is 433 g/mol. The zero-order chi connectivity index (χ0) is 20.5. The summed E-state index contributed by atoms with van der Waals surface area (Å²) in [7, 11) is 3.28. The lowest BCUT2D eigenvalue weighted by atomic mass is 10.2. The Hall–Kier alpha value is -2.22. The average Bonchev–Trinajstić information content (AvgIpc) is 3.17. The maximum atomic E-state index is 12.8. The lowest BCUT2D eigenvalue weighted by molar-refractivity contribution is 0.0747. The maximum absolute atomic E-state index is 12.8. The first-order valence-electron chi connectivity index (χ1n) is 9.02. The fraction of sp³-hybridized carbons (Fsp3) is 0.300. The van der Waals surface area contributed by atoms with E-state index in [1.165, 1.54) is 0 Å². The van der Waals surface area contributed by atoms with E-state index in [0.717, 1.165) is 26.8 Å². The van der Waals surface area contributed by atoms with Crippen molar-refractivity contribution >= 4 is 55.8 Å². The minimum atomic E-state index is -0.0679. The van der Waals surface area contributed by atoms with Crippen LogP contribution in [0.15, 0.2) is 30.3 Å². The number of halogens is 2. The summed E-state index contributed by atoms with van der Waals surface area (Å²) in [5, 5.41) is 1.80. The molecule has 152 valence electrons. The molecule has 2 heterocycles. The van der Waals surface area contributed by atoms with Crippen molar-refractivity contribution in [1.82, 2.24) is 9.88 Å². The van der Waals surface area contributed by atoms with Crippen molar-refractivity contribution in [3.8, 4) is 11.5 Å². The molecule has 0 spiro atoms. The number of fused-ring (bicyclic) bond motifs is 1. The highest BCUT2D eigenvalue weighted by Crippen LogP contribution is 2.40. The molecule has 29 heavy (non-hydrogen) atoms. The summed E-state index contributed by atoms with van der Waals surface area (Å²) in [6, 6.07) is 8.66. The zero-order valence-electron chi connectivity index (χ0n) is 15.9. The second-order valence-corrected chi connectivity index (χ2v) is 8.43. The summed E-state index contributed by atoms with van der Waals surface area (Å²) >= 11 is 13.6. The van der Waals surface area contributed by atoms with E-state index in [1.54, 1.807) is 43.8 Å². The Bertz CT molecular complexity index is 1000. The topological polar surface area (TPSA) is 54.9 Å². The molecule has 2 aromatic carbocycles. The van der Waals surface area contributed by atoms with E-state index in [4.69, 9.17) is 37.7 Å². The predicted octanol–water partition coefficient (Wildman–Crippen LogP) is 4.58. The van der Waals surface area contributed by atoms with Gasteiger partial charge in [0.05, 0.1) is 14.2 Å². The molecule has 0 bridgehead atoms. The number of carbonyl (C=O) groups is 1. The fourth-order valence-corrected chi connectivity index (χ4v) is 5.02. The molecule has 1 aliphatic rings. The molecule has 1 aliphatic heterocycles. The number of anilines is 1. The second kappa shape index (κ2) is 8.26. The molecule has 1 aromatic heterocycles. The van der Waals surface area contributed by atoms with Gasteiger partial charge < -0.3 is 19.3 Å². The van der Waals surface area contributed by atoms with Crippen molar-refractivity contribution in [3.63, 3.8) is 0 Å². The Morgan fingerprint density at radius 1 is 1.00 bits per heavy atom. The number of benzene rings is 2. The van der Waals surface area contributed by atoms with E-state index in [0.29, 0.717) is 41.8 Å². The van der Waals surface area contributed by atoms with Gasteiger partial charge in [0.25, 0.3) is 5.91 Å². The summed E-state index contributed by atoms with van der Waals surface area (Å²) < 4.78 is 11.9. The largest absolute Gasteiger partial charge is 0.495 e. The van der Waals surface area contributed by atoms with Gasteiger partial charge in [-0.2, -0.15) is 0 Å². The van der Waals surface area contributed by atoms with Crippen LogP contribution in [0.4, 0.5) is 5.13 Å². The summed E-state index contributed by atoms with van der Waals surface area (Å²) in [5.74, 6) is 1.42. The van der Waals surface area contributed by atoms with Crippen molar-refractivity contribution in [1.29, 1.82) is 0 Å². The van der Waals surface area contributed by atoms with Crippen LogP contribution in [0.1, 0.15) is 10.4 Å². The number of ether oxygens (including phenoxy) is 2. The molecule has 1 fully saturated rings. The van der Waals surface area contributed by atoms with Gasteiger partial charge in [-0.25, -0.2) is 4.98 Å². The first-order chi connectivity index (χ1) is 14.0. The lowest BCUT2D eigenvalue weighted by Gasteiger charge is -2.34. The molecule has 1 amide bonds. The van der Waals surface area contributed by atoms with Crippen molar-refractivity contribution in [2.75, 3.05) is 45.3 Å². The summed E-state index contributed by atoms with van der Waals surface area (Å²) in [5.41, 5.74) is 1.30. The van der Waals surface area contributed by atoms with Gasteiger partial charge in [0.15, 0.2) is 5.13 Å². The van der Waals surface area contributed by atoms with E-state index in [9.17, 15) is 4.79 Å². The van der Waals surface area contributed by atoms with Gasteiger partial charge in [-0.3, -0.25) is 4.79 Å². The molecule has 0 N–H and O–H groups in total. The van der Waals surface area contributed by atoms with Crippen LogP contribution in [0.5, 0.6) is 11.5 Å². The minimum absolute atomic E-state index is 0.0679. The van der Waals surface area contributed by atoms with Crippen LogP contribution >= 0.6 is 34.5 Å². The highest BCUT2D eigenvalue weighted by Gasteiger charge is 2.25. The molecule has 9 heteroatoms. The predicted molar refractivity (Wildman–Crippen MR) is 117 cm³/mol. The molecule has 0 radical (unpaired) electrons. The third kappa shape index (κ3) is 3.95. The Kier molecular flexibility index (Phi) is 5.72. The number of aromatic nitrogens is 1. The summed E-state index contributed by atoms with van der Waals surface area (Å²) in [6.07, 6.45) is 0. The Balaban J connectivity index is 1.51. The minimum Gasteiger partial charge on any atom is -0.495 e. The van der Waals surface area contributed by atoms with Crippen LogP contribution in [-0.4, -0.2) is 56.2 Å². The molecular formula is C20H19Cl2N3O3S. The summed E-state index contributed by atoms with van der Waals surface area (Å²) in [4.78, 5) is 21.6. The van der Waals surface area contributed by atoms with Crippen molar-refractivity contribution in [2.24, 2.45) is 0 Å². The van der Waals surface area contributed by atoms with E-state index in [-0.39, 0.29) is 5.91 Å². The van der Waals surface area contributed by atoms with Gasteiger partial charge in [-0.05, 0) is 30.3 Å². The van der Waals surface area contributed by atoms with Crippen LogP contribution in [0.3, 0.4) is 0 Å². The Morgan fingerprint density at radius 3 is 2.24 bits per heavy atom. The zero-order valence-corrected chi connectivity index (χ0v) is 18.3. The molecule has 4 rings (SSSR count). The van der Waals surface area contributed by atoms with Gasteiger partial charge in [-0.15, -0.1) is 0 Å². The van der Waals surface area contributed by atoms with E-state index < -0.39 is 0 Å². The number of thiazole rings is 1. The first kappa shape index (κ1) is 20.1. The van der Waals surface area contributed by atoms with Crippen molar-refractivity contribution < 1.29 is 14.3 Å². The van der Waals surface area contributed by atoms with Gasteiger partial charge >= 0.3 is 0 Å². The number of rotatable bonds is 4. The number of hydrogen-bond acceptors (Lipinski definition) is 6. The van der Waals surface area contributed by atoms with Crippen LogP contribution in [-0.2, 0) is 0 Å². The van der Waals surface area contributed by atoms with Crippen LogP contribution < -0.4 is 14.4 Å². The number of piperazine rings is 1. The highest BCUT2D eigenvalue weighted by molar-refractivity contribution is 7.22. The van der Waals surface area contributed by atoms with Crippen LogP contribution in [0.25, 0.3) is 10.2 Å². The number of carbonyl (C=O) groups excluding carboxylic acids is 1. The standard InChI is InChI=1S/C20H19Cl2N3O3S/c1-27-15-3-4-16(28-2)18-17(15)23-20(29-18)25-7-5-24(6-8-25)19(26)12-9-13(21)11-14(22)10-12/h3-4,9-11H,5-8H2,1-2H3. The second-order valence-electron chi connectivity index (χ2n) is 6.58. The number of hydrogen-bond donors (Lipinski definition) is 0. The SMILES string of the molecule is COc1ccc(OC)c2sc(N3CCN(C(=O)c4cc(Cl)cc(Cl)c4)CC3)nc12. The molecule has 0 saturated carbocycles. The van der Waals surface area contributed by atoms with Crippen molar-refractivity contribution in [3.05, 3.63) is 45.9 Å². The quantitative estimate of drug-likeness (QED) is 0.580. The summed E-state index contributed by atoms with van der Waals surface area (Å²) in [6.45, 7) is 2.55. The number of amides is 1. The number of nitrogens with zero attached hydrogens (tertiary/aromatic N) is 3. The molecule has 0 unspecified atom stereocenters. The van der Waals surface area contributed by atoms with E-state index in [2.05, 4.69) is 4.90 Å². The Labute approximate surface area is 182 Å². The number of methoxy groups -OCH3 is 2. The smallest absolute Gasteiger partial charge is 0.254 e. The normalized spacial score (nSPS) is 14.3. The van der Waals surface area contributed by atoms with Gasteiger partial charge in [-0.1, -0.05) is 34.5 Å². The molecule has 1 saturated heterocycles. The third-order valence-electron chi connectivity index (χ3n) is 4.85. The van der Waals surface area contributed by atoms with Crippen molar-refractivity contribution in [2.45, 2.75) is 0 Å². The fourth-order valence-electron chi connectivity index (χ4n) is 3.37. The molecule has 6 nitrogen and oxygen atoms in total. The monoisotopic (exact) mass is 451 g/mol. The molecule has 0 atom stereocenters. The highest BCUT2D eigenvalue weighted by atomic mass is 35.5. The first-order valence-corrected chi connectivity index (χ1v) is 10.6. The maximum Gasteiger partial charge on any atom is 0.254 e. The van der Waals surface area contributed by atoms with Gasteiger partial charge in [0, 0.05) is 41.8 Å². The van der Waals surface area contributed by atoms with E-state index >= 15 is 0 Å². The molecule has 0 aliphatic carbocycles. The lowest BCUT2D eigenvalue weighted by Crippen LogP contribution is -2.48. The third-order valence-corrected chi connectivity index (χ3v) is 6.41. The van der Waals surface area contributed by atoms with Gasteiger partial charge in [0.2, 0.25) is 0 Å². The molecule has 3 aromatic rings. The Morgan fingerprint density at radius 2 is 1.62 bits per heavy atom. The van der Waals surface area contributed by atoms with E-state index in [1.807, 2.05) is 17.0 Å². The van der Waals surface area contributed by atoms with Crippen LogP contribution in [0.2, 0.25) is 10.0 Å².